The third kappa shape index (κ3) is 4.82. The monoisotopic (exact) mass is 373 g/mol. The average molecular weight is 373 g/mol. The summed E-state index contributed by atoms with van der Waals surface area (Å²) in [5.74, 6) is 0.297. The van der Waals surface area contributed by atoms with E-state index in [-0.39, 0.29) is 24.8 Å². The highest BCUT2D eigenvalue weighted by molar-refractivity contribution is 7.13. The molecule has 0 fully saturated rings. The van der Waals surface area contributed by atoms with E-state index in [9.17, 15) is 9.59 Å². The van der Waals surface area contributed by atoms with Crippen molar-refractivity contribution >= 4 is 17.2 Å². The van der Waals surface area contributed by atoms with Crippen molar-refractivity contribution in [2.24, 2.45) is 0 Å². The molecule has 26 heavy (non-hydrogen) atoms. The van der Waals surface area contributed by atoms with Gasteiger partial charge in [0.05, 0.1) is 18.0 Å². The molecule has 0 atom stereocenters. The Labute approximate surface area is 154 Å². The number of nitrogens with one attached hydrogen (secondary N) is 1. The Hall–Kier alpha value is -2.87. The fourth-order valence-electron chi connectivity index (χ4n) is 2.24. The van der Waals surface area contributed by atoms with E-state index in [0.717, 1.165) is 20.9 Å². The summed E-state index contributed by atoms with van der Waals surface area (Å²) in [4.78, 5) is 24.4. The van der Waals surface area contributed by atoms with Crippen LogP contribution in [0.2, 0.25) is 0 Å². The highest BCUT2D eigenvalue weighted by atomic mass is 32.1. The molecule has 1 aromatic carbocycles. The van der Waals surface area contributed by atoms with Crippen molar-refractivity contribution in [2.45, 2.75) is 19.9 Å². The number of rotatable bonds is 8. The van der Waals surface area contributed by atoms with Gasteiger partial charge in [-0.15, -0.1) is 16.4 Å². The molecule has 8 heteroatoms. The third-order valence-corrected chi connectivity index (χ3v) is 4.46. The highest BCUT2D eigenvalue weighted by Gasteiger charge is 2.12. The summed E-state index contributed by atoms with van der Waals surface area (Å²) in [6.45, 7) is 2.94. The predicted molar refractivity (Wildman–Crippen MR) is 98.4 cm³/mol. The number of thiophene rings is 1. The fourth-order valence-corrected chi connectivity index (χ4v) is 2.88. The van der Waals surface area contributed by atoms with Gasteiger partial charge in [0.25, 0.3) is 5.89 Å². The first-order valence-electron chi connectivity index (χ1n) is 8.20. The molecule has 2 aromatic heterocycles. The van der Waals surface area contributed by atoms with Crippen LogP contribution in [0.4, 0.5) is 0 Å². The molecule has 7 nitrogen and oxygen atoms in total. The van der Waals surface area contributed by atoms with Crippen LogP contribution in [0.25, 0.3) is 10.8 Å². The number of amides is 1. The lowest BCUT2D eigenvalue weighted by molar-refractivity contribution is -0.121. The Kier molecular flexibility index (Phi) is 5.85. The molecule has 0 spiro atoms. The van der Waals surface area contributed by atoms with Crippen molar-refractivity contribution in [1.82, 2.24) is 15.1 Å². The van der Waals surface area contributed by atoms with E-state index >= 15 is 0 Å². The number of hydrogen-bond acceptors (Lipinski definition) is 6. The van der Waals surface area contributed by atoms with Gasteiger partial charge in [-0.3, -0.25) is 4.79 Å². The van der Waals surface area contributed by atoms with Crippen LogP contribution in [0.3, 0.4) is 0 Å². The lowest BCUT2D eigenvalue weighted by Gasteiger charge is -2.07. The molecule has 0 saturated carbocycles. The largest absolute Gasteiger partial charge is 0.492 e. The molecule has 1 N–H and O–H groups in total. The first-order valence-corrected chi connectivity index (χ1v) is 9.08. The Bertz CT molecular complexity index is 897. The Morgan fingerprint density at radius 2 is 2.12 bits per heavy atom. The van der Waals surface area contributed by atoms with Gasteiger partial charge < -0.3 is 14.5 Å². The minimum Gasteiger partial charge on any atom is -0.492 e. The van der Waals surface area contributed by atoms with Crippen LogP contribution in [0, 0.1) is 6.92 Å². The first kappa shape index (κ1) is 17.9. The molecule has 3 rings (SSSR count). The number of carbonyl (C=O) groups is 1. The lowest BCUT2D eigenvalue weighted by atomic mass is 10.2. The molecular formula is C18H19N3O4S. The number of nitrogens with zero attached hydrogens (tertiary/aromatic N) is 2. The van der Waals surface area contributed by atoms with E-state index in [1.165, 1.54) is 11.3 Å². The van der Waals surface area contributed by atoms with E-state index in [0.29, 0.717) is 13.2 Å². The predicted octanol–water partition coefficient (Wildman–Crippen LogP) is 2.46. The Morgan fingerprint density at radius 3 is 2.85 bits per heavy atom. The molecule has 0 aliphatic carbocycles. The molecule has 2 heterocycles. The van der Waals surface area contributed by atoms with E-state index in [1.54, 1.807) is 0 Å². The second-order valence-corrected chi connectivity index (χ2v) is 6.58. The molecule has 3 aromatic rings. The van der Waals surface area contributed by atoms with Crippen molar-refractivity contribution < 1.29 is 13.9 Å². The van der Waals surface area contributed by atoms with Crippen LogP contribution < -0.4 is 15.8 Å². The highest BCUT2D eigenvalue weighted by Crippen LogP contribution is 2.21. The van der Waals surface area contributed by atoms with E-state index in [2.05, 4.69) is 10.4 Å². The number of benzene rings is 1. The second-order valence-electron chi connectivity index (χ2n) is 5.64. The minimum absolute atomic E-state index is 0.140. The van der Waals surface area contributed by atoms with E-state index in [1.807, 2.05) is 48.7 Å². The van der Waals surface area contributed by atoms with Crippen LogP contribution >= 0.6 is 11.3 Å². The molecule has 0 bridgehead atoms. The summed E-state index contributed by atoms with van der Waals surface area (Å²) in [6.07, 6.45) is 0.140. The summed E-state index contributed by atoms with van der Waals surface area (Å²) >= 11 is 1.43. The quantitative estimate of drug-likeness (QED) is 0.613. The topological polar surface area (TPSA) is 86.4 Å². The van der Waals surface area contributed by atoms with Gasteiger partial charge in [-0.2, -0.15) is 4.68 Å². The number of carbonyl (C=O) groups excluding carboxylic acids is 1. The summed E-state index contributed by atoms with van der Waals surface area (Å²) in [5.41, 5.74) is 1.16. The van der Waals surface area contributed by atoms with Crippen molar-refractivity contribution in [3.05, 3.63) is 57.9 Å². The normalized spacial score (nSPS) is 10.7. The van der Waals surface area contributed by atoms with Gasteiger partial charge in [0.1, 0.15) is 12.4 Å². The zero-order valence-corrected chi connectivity index (χ0v) is 15.1. The van der Waals surface area contributed by atoms with Crippen molar-refractivity contribution in [1.29, 1.82) is 0 Å². The smallest absolute Gasteiger partial charge is 0.437 e. The molecule has 136 valence electrons. The van der Waals surface area contributed by atoms with Gasteiger partial charge in [-0.1, -0.05) is 23.8 Å². The first-order chi connectivity index (χ1) is 12.6. The average Bonchev–Trinajstić information content (AvgIpc) is 3.28. The molecule has 1 amide bonds. The Morgan fingerprint density at radius 1 is 1.31 bits per heavy atom. The molecule has 0 aliphatic heterocycles. The third-order valence-electron chi connectivity index (χ3n) is 3.60. The van der Waals surface area contributed by atoms with Gasteiger partial charge in [0, 0.05) is 6.42 Å². The molecule has 0 saturated heterocycles. The number of hydrogen-bond donors (Lipinski definition) is 1. The Balaban J connectivity index is 1.40. The summed E-state index contributed by atoms with van der Waals surface area (Å²) in [5, 5.41) is 8.74. The maximum Gasteiger partial charge on any atom is 0.437 e. The number of aromatic nitrogens is 2. The maximum absolute atomic E-state index is 11.9. The summed E-state index contributed by atoms with van der Waals surface area (Å²) in [7, 11) is 0. The van der Waals surface area contributed by atoms with Gasteiger partial charge in [0.15, 0.2) is 0 Å². The SMILES string of the molecule is Cc1ccc(OCCNC(=O)CCn2nc(-c3cccs3)oc2=O)cc1. The van der Waals surface area contributed by atoms with Crippen molar-refractivity contribution in [3.8, 4) is 16.5 Å². The molecule has 0 radical (unpaired) electrons. The minimum atomic E-state index is -0.566. The lowest BCUT2D eigenvalue weighted by Crippen LogP contribution is -2.30. The number of ether oxygens (including phenoxy) is 1. The van der Waals surface area contributed by atoms with Crippen LogP contribution in [-0.2, 0) is 11.3 Å². The summed E-state index contributed by atoms with van der Waals surface area (Å²) < 4.78 is 11.8. The van der Waals surface area contributed by atoms with Gasteiger partial charge in [-0.25, -0.2) is 4.79 Å². The zero-order chi connectivity index (χ0) is 18.4. The number of aryl methyl sites for hydroxylation is 2. The van der Waals surface area contributed by atoms with Gasteiger partial charge in [-0.05, 0) is 30.5 Å². The van der Waals surface area contributed by atoms with Gasteiger partial charge in [0.2, 0.25) is 5.91 Å². The fraction of sp³-hybridized carbons (Fsp3) is 0.278. The molecular weight excluding hydrogens is 354 g/mol. The van der Waals surface area contributed by atoms with Crippen LogP contribution in [0.5, 0.6) is 5.75 Å². The standard InChI is InChI=1S/C18H19N3O4S/c1-13-4-6-14(7-5-13)24-11-9-19-16(22)8-10-21-18(23)25-17(20-21)15-3-2-12-26-15/h2-7,12H,8-11H2,1H3,(H,19,22). The molecule has 0 unspecified atom stereocenters. The van der Waals surface area contributed by atoms with E-state index < -0.39 is 5.76 Å². The van der Waals surface area contributed by atoms with Crippen molar-refractivity contribution in [3.63, 3.8) is 0 Å². The van der Waals surface area contributed by atoms with Gasteiger partial charge >= 0.3 is 5.76 Å². The molecule has 0 aliphatic rings. The van der Waals surface area contributed by atoms with Crippen LogP contribution in [0.15, 0.2) is 51.0 Å². The maximum atomic E-state index is 11.9. The van der Waals surface area contributed by atoms with E-state index in [4.69, 9.17) is 9.15 Å². The van der Waals surface area contributed by atoms with Crippen molar-refractivity contribution in [2.75, 3.05) is 13.2 Å². The zero-order valence-electron chi connectivity index (χ0n) is 14.3. The second kappa shape index (κ2) is 8.48. The van der Waals surface area contributed by atoms with Crippen LogP contribution in [-0.4, -0.2) is 28.8 Å². The summed E-state index contributed by atoms with van der Waals surface area (Å²) in [6, 6.07) is 11.4. The van der Waals surface area contributed by atoms with Crippen LogP contribution in [0.1, 0.15) is 12.0 Å².